The Bertz CT molecular complexity index is 1080. The Morgan fingerprint density at radius 3 is 2.42 bits per heavy atom. The molecule has 0 unspecified atom stereocenters. The third kappa shape index (κ3) is 8.06. The van der Waals surface area contributed by atoms with E-state index in [1.165, 1.54) is 29.8 Å². The predicted octanol–water partition coefficient (Wildman–Crippen LogP) is 5.72. The number of carbonyl (C=O) groups is 2. The van der Waals surface area contributed by atoms with E-state index in [-0.39, 0.29) is 23.7 Å². The van der Waals surface area contributed by atoms with Crippen LogP contribution in [-0.2, 0) is 16.0 Å². The Labute approximate surface area is 239 Å². The lowest BCUT2D eigenvalue weighted by Crippen LogP contribution is -2.48. The molecular formula is C33H47FN4O2. The van der Waals surface area contributed by atoms with Crippen molar-refractivity contribution in [1.82, 2.24) is 15.1 Å². The number of amides is 2. The zero-order valence-corrected chi connectivity index (χ0v) is 24.4. The third-order valence-electron chi connectivity index (χ3n) is 8.59. The van der Waals surface area contributed by atoms with Gasteiger partial charge in [0.15, 0.2) is 0 Å². The van der Waals surface area contributed by atoms with Crippen molar-refractivity contribution in [3.63, 3.8) is 0 Å². The van der Waals surface area contributed by atoms with Crippen molar-refractivity contribution in [3.8, 4) is 0 Å². The first kappa shape index (κ1) is 30.0. The van der Waals surface area contributed by atoms with E-state index in [0.29, 0.717) is 25.1 Å². The molecule has 2 aromatic carbocycles. The Hall–Kier alpha value is -2.93. The van der Waals surface area contributed by atoms with Gasteiger partial charge in [0.1, 0.15) is 11.9 Å². The van der Waals surface area contributed by atoms with E-state index >= 15 is 0 Å². The normalized spacial score (nSPS) is 16.4. The van der Waals surface area contributed by atoms with E-state index < -0.39 is 6.04 Å². The molecule has 40 heavy (non-hydrogen) atoms. The molecule has 2 aromatic rings. The summed E-state index contributed by atoms with van der Waals surface area (Å²) in [4.78, 5) is 34.3. The minimum atomic E-state index is -0.777. The maximum Gasteiger partial charge on any atom is 0.247 e. The number of aryl methyl sites for hydroxylation is 1. The van der Waals surface area contributed by atoms with Crippen LogP contribution in [0.1, 0.15) is 82.4 Å². The smallest absolute Gasteiger partial charge is 0.247 e. The van der Waals surface area contributed by atoms with Gasteiger partial charge in [0.2, 0.25) is 11.8 Å². The zero-order chi connectivity index (χ0) is 28.3. The largest absolute Gasteiger partial charge is 0.371 e. The summed E-state index contributed by atoms with van der Waals surface area (Å²) in [6, 6.07) is 13.9. The summed E-state index contributed by atoms with van der Waals surface area (Å²) in [5.74, 6) is -0.535. The monoisotopic (exact) mass is 550 g/mol. The van der Waals surface area contributed by atoms with Crippen molar-refractivity contribution in [3.05, 3.63) is 65.5 Å². The third-order valence-corrected chi connectivity index (χ3v) is 8.59. The summed E-state index contributed by atoms with van der Waals surface area (Å²) in [7, 11) is 0. The van der Waals surface area contributed by atoms with Crippen molar-refractivity contribution >= 4 is 17.5 Å². The van der Waals surface area contributed by atoms with E-state index in [0.717, 1.165) is 71.1 Å². The van der Waals surface area contributed by atoms with Gasteiger partial charge in [-0.15, -0.1) is 0 Å². The highest BCUT2D eigenvalue weighted by Gasteiger charge is 2.33. The van der Waals surface area contributed by atoms with Gasteiger partial charge in [-0.2, -0.15) is 0 Å². The summed E-state index contributed by atoms with van der Waals surface area (Å²) in [6.45, 7) is 9.05. The highest BCUT2D eigenvalue weighted by Crippen LogP contribution is 2.28. The lowest BCUT2D eigenvalue weighted by Gasteiger charge is -2.35. The summed E-state index contributed by atoms with van der Waals surface area (Å²) < 4.78 is 13.9. The van der Waals surface area contributed by atoms with Gasteiger partial charge < -0.3 is 20.0 Å². The van der Waals surface area contributed by atoms with Crippen LogP contribution in [0.3, 0.4) is 0 Å². The maximum atomic E-state index is 14.0. The Kier molecular flexibility index (Phi) is 11.4. The number of hydrogen-bond donors (Lipinski definition) is 1. The molecule has 0 saturated heterocycles. The van der Waals surface area contributed by atoms with E-state index in [1.54, 1.807) is 17.0 Å². The van der Waals surface area contributed by atoms with E-state index in [4.69, 9.17) is 0 Å². The van der Waals surface area contributed by atoms with E-state index in [9.17, 15) is 14.0 Å². The first-order valence-electron chi connectivity index (χ1n) is 15.4. The SMILES string of the molecule is CCN(CC)CCCN(C(=O)CCN1CCCc2ccccc21)[C@H](C(=O)NC1CCCCC1)c1ccc(F)cc1. The first-order valence-corrected chi connectivity index (χ1v) is 15.4. The molecule has 1 fully saturated rings. The van der Waals surface area contributed by atoms with Gasteiger partial charge in [-0.25, -0.2) is 4.39 Å². The van der Waals surface area contributed by atoms with Gasteiger partial charge >= 0.3 is 0 Å². The van der Waals surface area contributed by atoms with E-state index in [1.807, 2.05) is 0 Å². The number of hydrogen-bond acceptors (Lipinski definition) is 4. The fourth-order valence-corrected chi connectivity index (χ4v) is 6.27. The molecule has 1 aliphatic heterocycles. The minimum Gasteiger partial charge on any atom is -0.371 e. The molecule has 1 heterocycles. The van der Waals surface area contributed by atoms with Crippen molar-refractivity contribution in [2.75, 3.05) is 44.2 Å². The molecular weight excluding hydrogens is 503 g/mol. The van der Waals surface area contributed by atoms with Crippen LogP contribution in [0.25, 0.3) is 0 Å². The van der Waals surface area contributed by atoms with Crippen LogP contribution in [0.15, 0.2) is 48.5 Å². The number of benzene rings is 2. The Morgan fingerprint density at radius 1 is 0.975 bits per heavy atom. The summed E-state index contributed by atoms with van der Waals surface area (Å²) in [5.41, 5.74) is 3.20. The molecule has 2 aliphatic rings. The van der Waals surface area contributed by atoms with Crippen molar-refractivity contribution in [1.29, 1.82) is 0 Å². The average molecular weight is 551 g/mol. The number of nitrogens with one attached hydrogen (secondary N) is 1. The Balaban J connectivity index is 1.56. The van der Waals surface area contributed by atoms with Crippen LogP contribution in [0.5, 0.6) is 0 Å². The lowest BCUT2D eigenvalue weighted by molar-refractivity contribution is -0.141. The molecule has 0 bridgehead atoms. The average Bonchev–Trinajstić information content (AvgIpc) is 2.98. The lowest BCUT2D eigenvalue weighted by atomic mass is 9.94. The van der Waals surface area contributed by atoms with Crippen LogP contribution >= 0.6 is 0 Å². The molecule has 0 radical (unpaired) electrons. The van der Waals surface area contributed by atoms with Gasteiger partial charge in [-0.3, -0.25) is 9.59 Å². The zero-order valence-electron chi connectivity index (χ0n) is 24.4. The topological polar surface area (TPSA) is 55.9 Å². The second kappa shape index (κ2) is 15.2. The van der Waals surface area contributed by atoms with Gasteiger partial charge in [0.25, 0.3) is 0 Å². The number of rotatable bonds is 13. The molecule has 218 valence electrons. The summed E-state index contributed by atoms with van der Waals surface area (Å²) in [6.07, 6.45) is 8.57. The van der Waals surface area contributed by atoms with Gasteiger partial charge in [-0.05, 0) is 81.1 Å². The highest BCUT2D eigenvalue weighted by molar-refractivity contribution is 5.89. The molecule has 1 saturated carbocycles. The van der Waals surface area contributed by atoms with Crippen molar-refractivity contribution in [2.24, 2.45) is 0 Å². The van der Waals surface area contributed by atoms with Crippen LogP contribution < -0.4 is 10.2 Å². The number of para-hydroxylation sites is 1. The second-order valence-electron chi connectivity index (χ2n) is 11.2. The van der Waals surface area contributed by atoms with Crippen molar-refractivity contribution in [2.45, 2.75) is 83.7 Å². The molecule has 0 spiro atoms. The number of nitrogens with zero attached hydrogens (tertiary/aromatic N) is 3. The standard InChI is InChI=1S/C33H47FN4O2/c1-3-36(4-2)22-11-24-38(31(39)21-25-37-23-10-13-26-12-8-9-16-30(26)37)32(27-17-19-28(34)20-18-27)33(40)35-29-14-6-5-7-15-29/h8-9,12,16-20,29,32H,3-7,10-11,13-15,21-25H2,1-2H3,(H,35,40)/t32-/m0/s1. The number of carbonyl (C=O) groups excluding carboxylic acids is 2. The van der Waals surface area contributed by atoms with Gasteiger partial charge in [-0.1, -0.05) is 63.4 Å². The molecule has 1 atom stereocenters. The molecule has 0 aromatic heterocycles. The van der Waals surface area contributed by atoms with Crippen LogP contribution in [0.2, 0.25) is 0 Å². The molecule has 1 aliphatic carbocycles. The van der Waals surface area contributed by atoms with Crippen LogP contribution in [-0.4, -0.2) is 66.9 Å². The highest BCUT2D eigenvalue weighted by atomic mass is 19.1. The summed E-state index contributed by atoms with van der Waals surface area (Å²) >= 11 is 0. The van der Waals surface area contributed by atoms with E-state index in [2.05, 4.69) is 53.2 Å². The predicted molar refractivity (Wildman–Crippen MR) is 160 cm³/mol. The summed E-state index contributed by atoms with van der Waals surface area (Å²) in [5, 5.41) is 3.26. The number of anilines is 1. The number of fused-ring (bicyclic) bond motifs is 1. The quantitative estimate of drug-likeness (QED) is 0.347. The molecule has 2 amide bonds. The second-order valence-corrected chi connectivity index (χ2v) is 11.2. The van der Waals surface area contributed by atoms with Gasteiger partial charge in [0.05, 0.1) is 0 Å². The molecule has 4 rings (SSSR count). The Morgan fingerprint density at radius 2 is 1.70 bits per heavy atom. The van der Waals surface area contributed by atoms with Crippen LogP contribution in [0, 0.1) is 5.82 Å². The van der Waals surface area contributed by atoms with Crippen LogP contribution in [0.4, 0.5) is 10.1 Å². The minimum absolute atomic E-state index is 0.0317. The maximum absolute atomic E-state index is 14.0. The fourth-order valence-electron chi connectivity index (χ4n) is 6.27. The molecule has 7 heteroatoms. The first-order chi connectivity index (χ1) is 19.5. The molecule has 6 nitrogen and oxygen atoms in total. The van der Waals surface area contributed by atoms with Crippen molar-refractivity contribution < 1.29 is 14.0 Å². The van der Waals surface area contributed by atoms with Gasteiger partial charge in [0, 0.05) is 37.8 Å². The number of halogens is 1. The molecule has 1 N–H and O–H groups in total. The fraction of sp³-hybridized carbons (Fsp3) is 0.576.